The first-order valence-corrected chi connectivity index (χ1v) is 14.4. The van der Waals surface area contributed by atoms with E-state index in [1.54, 1.807) is 12.4 Å². The number of hydrogen-bond donors (Lipinski definition) is 1. The number of nitrogen functional groups attached to an aromatic ring is 1. The van der Waals surface area contributed by atoms with Crippen molar-refractivity contribution in [2.75, 3.05) is 37.7 Å². The number of anilines is 1. The number of nitrogens with zero attached hydrogens (tertiary/aromatic N) is 6. The highest BCUT2D eigenvalue weighted by molar-refractivity contribution is 7.99. The van der Waals surface area contributed by atoms with Gasteiger partial charge in [0.25, 0.3) is 0 Å². The van der Waals surface area contributed by atoms with E-state index in [4.69, 9.17) is 5.73 Å². The Labute approximate surface area is 231 Å². The summed E-state index contributed by atoms with van der Waals surface area (Å²) in [5.74, 6) is 1.06. The summed E-state index contributed by atoms with van der Waals surface area (Å²) in [5, 5.41) is 0.733. The maximum absolute atomic E-state index is 13.3. The van der Waals surface area contributed by atoms with E-state index in [2.05, 4.69) is 31.3 Å². The van der Waals surface area contributed by atoms with Gasteiger partial charge in [-0.3, -0.25) is 9.69 Å². The van der Waals surface area contributed by atoms with E-state index in [9.17, 15) is 18.0 Å². The number of hydrogen-bond acceptors (Lipinski definition) is 7. The van der Waals surface area contributed by atoms with Crippen LogP contribution in [0.15, 0.2) is 35.7 Å². The predicted molar refractivity (Wildman–Crippen MR) is 147 cm³/mol. The molecule has 3 aromatic rings. The first-order valence-electron chi connectivity index (χ1n) is 13.4. The molecule has 2 aromatic heterocycles. The van der Waals surface area contributed by atoms with Crippen molar-refractivity contribution >= 4 is 34.7 Å². The van der Waals surface area contributed by atoms with E-state index in [-0.39, 0.29) is 23.8 Å². The number of halogens is 3. The van der Waals surface area contributed by atoms with Gasteiger partial charge in [0.1, 0.15) is 0 Å². The third kappa shape index (κ3) is 7.02. The maximum atomic E-state index is 13.3. The SMILES string of the molecule is CCSc1nc2cc(C(F)(F)F)ccc2n1C1CCN(C(=O)C(C)CCN(CC)Cc2cnc(N)nc2)CC1. The van der Waals surface area contributed by atoms with Gasteiger partial charge in [-0.05, 0) is 56.3 Å². The van der Waals surface area contributed by atoms with Crippen LogP contribution in [0.3, 0.4) is 0 Å². The van der Waals surface area contributed by atoms with Gasteiger partial charge in [-0.2, -0.15) is 13.2 Å². The summed E-state index contributed by atoms with van der Waals surface area (Å²) >= 11 is 1.53. The summed E-state index contributed by atoms with van der Waals surface area (Å²) in [5.41, 5.74) is 6.94. The van der Waals surface area contributed by atoms with Gasteiger partial charge < -0.3 is 15.2 Å². The average molecular weight is 564 g/mol. The van der Waals surface area contributed by atoms with Crippen LogP contribution in [0.25, 0.3) is 11.0 Å². The van der Waals surface area contributed by atoms with Crippen molar-refractivity contribution in [2.24, 2.45) is 5.92 Å². The molecule has 39 heavy (non-hydrogen) atoms. The fourth-order valence-electron chi connectivity index (χ4n) is 5.05. The van der Waals surface area contributed by atoms with Crippen LogP contribution in [0.5, 0.6) is 0 Å². The monoisotopic (exact) mass is 563 g/mol. The number of thioether (sulfide) groups is 1. The summed E-state index contributed by atoms with van der Waals surface area (Å²) in [4.78, 5) is 30.1. The number of benzene rings is 1. The Bertz CT molecular complexity index is 1260. The Hall–Kier alpha value is -2.86. The molecule has 0 aliphatic carbocycles. The van der Waals surface area contributed by atoms with Crippen LogP contribution in [-0.2, 0) is 17.5 Å². The third-order valence-electron chi connectivity index (χ3n) is 7.28. The molecule has 1 aliphatic rings. The van der Waals surface area contributed by atoms with E-state index in [1.165, 1.54) is 17.8 Å². The molecule has 3 heterocycles. The Morgan fingerprint density at radius 1 is 1.21 bits per heavy atom. The molecular weight excluding hydrogens is 527 g/mol. The number of alkyl halides is 3. The van der Waals surface area contributed by atoms with Crippen molar-refractivity contribution in [1.82, 2.24) is 29.3 Å². The average Bonchev–Trinajstić information content (AvgIpc) is 3.28. The highest BCUT2D eigenvalue weighted by atomic mass is 32.2. The molecule has 4 rings (SSSR count). The first-order chi connectivity index (χ1) is 18.6. The highest BCUT2D eigenvalue weighted by Gasteiger charge is 2.33. The van der Waals surface area contributed by atoms with Crippen molar-refractivity contribution < 1.29 is 18.0 Å². The van der Waals surface area contributed by atoms with E-state index in [1.807, 2.05) is 18.7 Å². The maximum Gasteiger partial charge on any atom is 0.416 e. The number of piperidine rings is 1. The molecule has 0 radical (unpaired) electrons. The number of amides is 1. The molecule has 0 saturated carbocycles. The lowest BCUT2D eigenvalue weighted by atomic mass is 10.0. The molecular formula is C27H36F3N7OS. The topological polar surface area (TPSA) is 93.2 Å². The zero-order chi connectivity index (χ0) is 28.2. The van der Waals surface area contributed by atoms with E-state index in [0.717, 1.165) is 61.0 Å². The van der Waals surface area contributed by atoms with E-state index < -0.39 is 11.7 Å². The lowest BCUT2D eigenvalue weighted by Gasteiger charge is -2.35. The zero-order valence-electron chi connectivity index (χ0n) is 22.6. The Kier molecular flexibility index (Phi) is 9.37. The van der Waals surface area contributed by atoms with Gasteiger partial charge >= 0.3 is 6.18 Å². The molecule has 212 valence electrons. The number of rotatable bonds is 10. The number of fused-ring (bicyclic) bond motifs is 1. The smallest absolute Gasteiger partial charge is 0.368 e. The van der Waals surface area contributed by atoms with Crippen LogP contribution < -0.4 is 5.73 Å². The molecule has 0 bridgehead atoms. The molecule has 1 amide bonds. The summed E-state index contributed by atoms with van der Waals surface area (Å²) in [6, 6.07) is 3.87. The van der Waals surface area contributed by atoms with Crippen molar-refractivity contribution in [3.8, 4) is 0 Å². The van der Waals surface area contributed by atoms with E-state index >= 15 is 0 Å². The summed E-state index contributed by atoms with van der Waals surface area (Å²) < 4.78 is 41.8. The fourth-order valence-corrected chi connectivity index (χ4v) is 5.85. The second kappa shape index (κ2) is 12.5. The van der Waals surface area contributed by atoms with Crippen LogP contribution in [-0.4, -0.2) is 67.2 Å². The van der Waals surface area contributed by atoms with Crippen molar-refractivity contribution in [3.63, 3.8) is 0 Å². The third-order valence-corrected chi connectivity index (χ3v) is 8.11. The minimum absolute atomic E-state index is 0.0813. The molecule has 1 aliphatic heterocycles. The molecule has 0 spiro atoms. The molecule has 1 saturated heterocycles. The summed E-state index contributed by atoms with van der Waals surface area (Å²) in [6.07, 6.45) is 1.27. The number of carbonyl (C=O) groups is 1. The minimum Gasteiger partial charge on any atom is -0.368 e. The number of likely N-dealkylation sites (tertiary alicyclic amines) is 1. The Morgan fingerprint density at radius 2 is 1.90 bits per heavy atom. The molecule has 8 nitrogen and oxygen atoms in total. The highest BCUT2D eigenvalue weighted by Crippen LogP contribution is 2.36. The number of imidazole rings is 1. The van der Waals surface area contributed by atoms with Crippen LogP contribution in [0.4, 0.5) is 19.1 Å². The Morgan fingerprint density at radius 3 is 2.51 bits per heavy atom. The van der Waals surface area contributed by atoms with Crippen molar-refractivity contribution in [3.05, 3.63) is 41.7 Å². The quantitative estimate of drug-likeness (QED) is 0.337. The predicted octanol–water partition coefficient (Wildman–Crippen LogP) is 5.25. The lowest BCUT2D eigenvalue weighted by Crippen LogP contribution is -2.42. The standard InChI is InChI=1S/C27H36F3N7OS/c1-4-35(17-19-15-32-25(31)33-16-19)11-8-18(3)24(38)36-12-9-21(10-13-36)37-23-7-6-20(27(28,29)30)14-22(23)34-26(37)39-5-2/h6-7,14-16,18,21H,4-5,8-13,17H2,1-3H3,(H2,31,32,33). The van der Waals surface area contributed by atoms with Crippen LogP contribution in [0.1, 0.15) is 57.2 Å². The molecule has 1 unspecified atom stereocenters. The van der Waals surface area contributed by atoms with Gasteiger partial charge in [0.15, 0.2) is 5.16 Å². The Balaban J connectivity index is 1.36. The summed E-state index contributed by atoms with van der Waals surface area (Å²) in [6.45, 7) is 9.62. The number of aromatic nitrogens is 4. The van der Waals surface area contributed by atoms with Gasteiger partial charge in [-0.1, -0.05) is 32.5 Å². The van der Waals surface area contributed by atoms with Crippen LogP contribution >= 0.6 is 11.8 Å². The van der Waals surface area contributed by atoms with Gasteiger partial charge in [-0.25, -0.2) is 15.0 Å². The van der Waals surface area contributed by atoms with Crippen molar-refractivity contribution in [2.45, 2.75) is 64.0 Å². The van der Waals surface area contributed by atoms with Gasteiger partial charge in [0, 0.05) is 49.6 Å². The van der Waals surface area contributed by atoms with Crippen LogP contribution in [0, 0.1) is 5.92 Å². The molecule has 12 heteroatoms. The fraction of sp³-hybridized carbons (Fsp3) is 0.556. The summed E-state index contributed by atoms with van der Waals surface area (Å²) in [7, 11) is 0. The largest absolute Gasteiger partial charge is 0.416 e. The van der Waals surface area contributed by atoms with Gasteiger partial charge in [0.05, 0.1) is 16.6 Å². The van der Waals surface area contributed by atoms with Gasteiger partial charge in [0.2, 0.25) is 11.9 Å². The van der Waals surface area contributed by atoms with Gasteiger partial charge in [-0.15, -0.1) is 0 Å². The normalized spacial score (nSPS) is 15.8. The van der Waals surface area contributed by atoms with Crippen LogP contribution in [0.2, 0.25) is 0 Å². The lowest BCUT2D eigenvalue weighted by molar-refractivity contribution is -0.137. The first kappa shape index (κ1) is 29.1. The van der Waals surface area contributed by atoms with Crippen molar-refractivity contribution in [1.29, 1.82) is 0 Å². The molecule has 1 aromatic carbocycles. The number of nitrogens with two attached hydrogens (primary N) is 1. The molecule has 2 N–H and O–H groups in total. The minimum atomic E-state index is -4.41. The number of carbonyl (C=O) groups excluding carboxylic acids is 1. The molecule has 1 atom stereocenters. The van der Waals surface area contributed by atoms with E-state index in [0.29, 0.717) is 30.7 Å². The second-order valence-electron chi connectivity index (χ2n) is 9.96. The zero-order valence-corrected chi connectivity index (χ0v) is 23.4. The second-order valence-corrected chi connectivity index (χ2v) is 11.2. The molecule has 1 fully saturated rings.